The summed E-state index contributed by atoms with van der Waals surface area (Å²) in [6, 6.07) is 7.73. The first-order valence-electron chi connectivity index (χ1n) is 5.45. The van der Waals surface area contributed by atoms with Gasteiger partial charge in [0.05, 0.1) is 5.52 Å². The van der Waals surface area contributed by atoms with E-state index < -0.39 is 0 Å². The molecule has 0 fully saturated rings. The highest BCUT2D eigenvalue weighted by Crippen LogP contribution is 2.20. The van der Waals surface area contributed by atoms with E-state index >= 15 is 0 Å². The van der Waals surface area contributed by atoms with Crippen molar-refractivity contribution in [3.63, 3.8) is 0 Å². The molecule has 0 bridgehead atoms. The summed E-state index contributed by atoms with van der Waals surface area (Å²) in [5, 5.41) is 0.889. The molecule has 88 valence electrons. The Morgan fingerprint density at radius 1 is 1.35 bits per heavy atom. The fourth-order valence-electron chi connectivity index (χ4n) is 1.73. The Bertz CT molecular complexity index is 562. The molecule has 1 aromatic carbocycles. The molecule has 17 heavy (non-hydrogen) atoms. The van der Waals surface area contributed by atoms with Crippen LogP contribution in [-0.4, -0.2) is 23.6 Å². The minimum absolute atomic E-state index is 0.513. The van der Waals surface area contributed by atoms with Crippen molar-refractivity contribution in [2.45, 2.75) is 6.92 Å². The molecule has 0 spiro atoms. The maximum atomic E-state index is 5.93. The van der Waals surface area contributed by atoms with Gasteiger partial charge in [0.1, 0.15) is 5.82 Å². The Balaban J connectivity index is 2.46. The summed E-state index contributed by atoms with van der Waals surface area (Å²) in [4.78, 5) is 10.7. The molecule has 0 amide bonds. The Hall–Kier alpha value is -2.10. The number of likely N-dealkylation sites (N-methyl/N-ethyl adjacent to an activating group) is 1. The number of benzene rings is 1. The average Bonchev–Trinajstić information content (AvgIpc) is 2.28. The number of nitrogens with zero attached hydrogens (tertiary/aromatic N) is 3. The monoisotopic (exact) mass is 228 g/mol. The predicted octanol–water partition coefficient (Wildman–Crippen LogP) is 2.22. The Labute approximate surface area is 101 Å². The fourth-order valence-corrected chi connectivity index (χ4v) is 1.73. The predicted molar refractivity (Wildman–Crippen MR) is 72.0 cm³/mol. The number of fused-ring (bicyclic) bond motifs is 1. The number of nitrogens with two attached hydrogens (primary N) is 1. The van der Waals surface area contributed by atoms with Gasteiger partial charge in [0.25, 0.3) is 0 Å². The summed E-state index contributed by atoms with van der Waals surface area (Å²) in [6.07, 6.45) is 0. The van der Waals surface area contributed by atoms with E-state index in [-0.39, 0.29) is 0 Å². The Kier molecular flexibility index (Phi) is 2.95. The van der Waals surface area contributed by atoms with Crippen LogP contribution in [0.4, 0.5) is 11.8 Å². The minimum Gasteiger partial charge on any atom is -0.383 e. The van der Waals surface area contributed by atoms with E-state index in [4.69, 9.17) is 5.73 Å². The lowest BCUT2D eigenvalue weighted by molar-refractivity contribution is 0.926. The lowest BCUT2D eigenvalue weighted by atomic mass is 10.2. The molecule has 2 N–H and O–H groups in total. The zero-order valence-electron chi connectivity index (χ0n) is 10.1. The molecular formula is C13H16N4. The van der Waals surface area contributed by atoms with Crippen LogP contribution in [0.15, 0.2) is 36.4 Å². The third kappa shape index (κ3) is 2.36. The third-order valence-electron chi connectivity index (χ3n) is 2.47. The lowest BCUT2D eigenvalue weighted by Crippen LogP contribution is -2.22. The van der Waals surface area contributed by atoms with Crippen molar-refractivity contribution in [2.24, 2.45) is 0 Å². The average molecular weight is 228 g/mol. The van der Waals surface area contributed by atoms with Crippen molar-refractivity contribution in [2.75, 3.05) is 24.2 Å². The number of nitrogen functional groups attached to an aromatic ring is 1. The molecule has 0 atom stereocenters. The standard InChI is InChI=1S/C13H16N4/c1-9(2)8-17(3)13-15-11-7-5-4-6-10(11)12(14)16-13/h4-7H,1,8H2,2-3H3,(H2,14,15,16). The first-order valence-corrected chi connectivity index (χ1v) is 5.45. The molecule has 0 unspecified atom stereocenters. The molecule has 0 aliphatic carbocycles. The molecule has 0 saturated heterocycles. The highest BCUT2D eigenvalue weighted by molar-refractivity contribution is 5.88. The van der Waals surface area contributed by atoms with Gasteiger partial charge in [-0.2, -0.15) is 4.98 Å². The van der Waals surface area contributed by atoms with Gasteiger partial charge in [-0.15, -0.1) is 0 Å². The molecule has 0 aliphatic rings. The molecule has 1 aromatic heterocycles. The molecule has 0 saturated carbocycles. The minimum atomic E-state index is 0.513. The Morgan fingerprint density at radius 3 is 2.76 bits per heavy atom. The third-order valence-corrected chi connectivity index (χ3v) is 2.47. The smallest absolute Gasteiger partial charge is 0.227 e. The van der Waals surface area contributed by atoms with Crippen molar-refractivity contribution in [1.82, 2.24) is 9.97 Å². The van der Waals surface area contributed by atoms with E-state index in [0.717, 1.165) is 23.0 Å². The van der Waals surface area contributed by atoms with Gasteiger partial charge in [-0.1, -0.05) is 24.3 Å². The maximum absolute atomic E-state index is 5.93. The van der Waals surface area contributed by atoms with Crippen LogP contribution in [0.5, 0.6) is 0 Å². The van der Waals surface area contributed by atoms with Gasteiger partial charge < -0.3 is 10.6 Å². The molecule has 4 nitrogen and oxygen atoms in total. The summed E-state index contributed by atoms with van der Waals surface area (Å²) in [5.74, 6) is 1.14. The zero-order chi connectivity index (χ0) is 12.4. The normalized spacial score (nSPS) is 10.5. The summed E-state index contributed by atoms with van der Waals surface area (Å²) in [6.45, 7) is 6.57. The summed E-state index contributed by atoms with van der Waals surface area (Å²) in [5.41, 5.74) is 7.85. The highest BCUT2D eigenvalue weighted by Gasteiger charge is 2.08. The molecule has 2 rings (SSSR count). The Morgan fingerprint density at radius 2 is 2.06 bits per heavy atom. The van der Waals surface area contributed by atoms with Crippen LogP contribution in [0.25, 0.3) is 10.9 Å². The van der Waals surface area contributed by atoms with Gasteiger partial charge >= 0.3 is 0 Å². The van der Waals surface area contributed by atoms with E-state index in [1.54, 1.807) is 0 Å². The number of rotatable bonds is 3. The molecule has 2 aromatic rings. The summed E-state index contributed by atoms with van der Waals surface area (Å²) in [7, 11) is 1.93. The quantitative estimate of drug-likeness (QED) is 0.818. The topological polar surface area (TPSA) is 55.0 Å². The molecule has 1 heterocycles. The van der Waals surface area contributed by atoms with Gasteiger partial charge in [-0.05, 0) is 19.1 Å². The first kappa shape index (κ1) is 11.4. The van der Waals surface area contributed by atoms with Crippen LogP contribution < -0.4 is 10.6 Å². The highest BCUT2D eigenvalue weighted by atomic mass is 15.2. The van der Waals surface area contributed by atoms with Gasteiger partial charge in [0.15, 0.2) is 0 Å². The van der Waals surface area contributed by atoms with Crippen molar-refractivity contribution >= 4 is 22.7 Å². The fraction of sp³-hybridized carbons (Fsp3) is 0.231. The number of para-hydroxylation sites is 1. The maximum Gasteiger partial charge on any atom is 0.227 e. The van der Waals surface area contributed by atoms with Crippen molar-refractivity contribution in [3.05, 3.63) is 36.4 Å². The van der Waals surface area contributed by atoms with E-state index in [2.05, 4.69) is 16.5 Å². The van der Waals surface area contributed by atoms with Crippen LogP contribution >= 0.6 is 0 Å². The van der Waals surface area contributed by atoms with Crippen molar-refractivity contribution in [3.8, 4) is 0 Å². The van der Waals surface area contributed by atoms with Crippen LogP contribution in [0.1, 0.15) is 6.92 Å². The van der Waals surface area contributed by atoms with E-state index in [1.807, 2.05) is 43.1 Å². The van der Waals surface area contributed by atoms with Crippen molar-refractivity contribution in [1.29, 1.82) is 0 Å². The van der Waals surface area contributed by atoms with Gasteiger partial charge in [0.2, 0.25) is 5.95 Å². The number of hydrogen-bond donors (Lipinski definition) is 1. The van der Waals surface area contributed by atoms with Crippen molar-refractivity contribution < 1.29 is 0 Å². The van der Waals surface area contributed by atoms with Gasteiger partial charge in [-0.25, -0.2) is 4.98 Å². The lowest BCUT2D eigenvalue weighted by Gasteiger charge is -2.17. The summed E-state index contributed by atoms with van der Waals surface area (Å²) >= 11 is 0. The van der Waals surface area contributed by atoms with E-state index in [9.17, 15) is 0 Å². The second kappa shape index (κ2) is 4.41. The second-order valence-electron chi connectivity index (χ2n) is 4.24. The second-order valence-corrected chi connectivity index (χ2v) is 4.24. The van der Waals surface area contributed by atoms with Crippen LogP contribution in [-0.2, 0) is 0 Å². The number of anilines is 2. The van der Waals surface area contributed by atoms with Crippen LogP contribution in [0.2, 0.25) is 0 Å². The SMILES string of the molecule is C=C(C)CN(C)c1nc(N)c2ccccc2n1. The molecule has 4 heteroatoms. The molecule has 0 radical (unpaired) electrons. The van der Waals surface area contributed by atoms with E-state index in [0.29, 0.717) is 11.8 Å². The van der Waals surface area contributed by atoms with Gasteiger partial charge in [-0.3, -0.25) is 0 Å². The molecular weight excluding hydrogens is 212 g/mol. The van der Waals surface area contributed by atoms with Crippen LogP contribution in [0.3, 0.4) is 0 Å². The summed E-state index contributed by atoms with van der Waals surface area (Å²) < 4.78 is 0. The zero-order valence-corrected chi connectivity index (χ0v) is 10.1. The molecule has 0 aliphatic heterocycles. The number of hydrogen-bond acceptors (Lipinski definition) is 4. The van der Waals surface area contributed by atoms with Gasteiger partial charge in [0, 0.05) is 19.0 Å². The first-order chi connectivity index (χ1) is 8.08. The number of aromatic nitrogens is 2. The largest absolute Gasteiger partial charge is 0.383 e. The van der Waals surface area contributed by atoms with E-state index in [1.165, 1.54) is 0 Å². The van der Waals surface area contributed by atoms with Crippen LogP contribution in [0, 0.1) is 0 Å².